The molecule has 0 bridgehead atoms. The van der Waals surface area contributed by atoms with E-state index in [1.54, 1.807) is 0 Å². The highest BCUT2D eigenvalue weighted by molar-refractivity contribution is 5.97. The Morgan fingerprint density at radius 1 is 0.933 bits per heavy atom. The molecule has 0 saturated carbocycles. The lowest BCUT2D eigenvalue weighted by atomic mass is 9.89. The first-order chi connectivity index (χ1) is 14.6. The number of rotatable bonds is 8. The fourth-order valence-corrected chi connectivity index (χ4v) is 4.04. The molecule has 3 rings (SSSR count). The molecule has 0 radical (unpaired) electrons. The van der Waals surface area contributed by atoms with E-state index < -0.39 is 0 Å². The number of amides is 2. The Balaban J connectivity index is 1.50. The first kappa shape index (κ1) is 22.0. The second kappa shape index (κ2) is 10.9. The van der Waals surface area contributed by atoms with Gasteiger partial charge in [-0.2, -0.15) is 0 Å². The van der Waals surface area contributed by atoms with Gasteiger partial charge in [0.05, 0.1) is 0 Å². The van der Waals surface area contributed by atoms with Crippen LogP contribution in [0.2, 0.25) is 0 Å². The number of carbonyl (C=O) groups is 2. The number of hydrogen-bond acceptors (Lipinski definition) is 3. The van der Waals surface area contributed by atoms with Crippen LogP contribution in [0.15, 0.2) is 54.6 Å². The summed E-state index contributed by atoms with van der Waals surface area (Å²) in [6.07, 6.45) is 1.44. The normalized spacial score (nSPS) is 14.7. The summed E-state index contributed by atoms with van der Waals surface area (Å²) in [7, 11) is 0. The van der Waals surface area contributed by atoms with Gasteiger partial charge in [-0.15, -0.1) is 0 Å². The summed E-state index contributed by atoms with van der Waals surface area (Å²) in [4.78, 5) is 29.5. The first-order valence-corrected chi connectivity index (χ1v) is 11.0. The molecule has 5 heteroatoms. The van der Waals surface area contributed by atoms with Crippen LogP contribution >= 0.6 is 0 Å². The molecule has 1 aliphatic heterocycles. The molecule has 1 N–H and O–H groups in total. The number of carbonyl (C=O) groups excluding carboxylic acids is 2. The second-order valence-corrected chi connectivity index (χ2v) is 7.88. The summed E-state index contributed by atoms with van der Waals surface area (Å²) in [5, 5.41) is 3.08. The van der Waals surface area contributed by atoms with Crippen LogP contribution in [0.3, 0.4) is 0 Å². The topological polar surface area (TPSA) is 52.7 Å². The molecule has 0 spiro atoms. The third-order valence-corrected chi connectivity index (χ3v) is 6.05. The predicted molar refractivity (Wildman–Crippen MR) is 120 cm³/mol. The highest BCUT2D eigenvalue weighted by Crippen LogP contribution is 2.22. The standard InChI is InChI=1S/C25H33N3O2/c1-3-27(4-2)19-23-13-9-8-12-22(23)18-26-25(30)28-16-14-21(15-17-28)24(29)20-10-6-5-7-11-20/h5-13,21H,3-4,14-19H2,1-2H3,(H,26,30). The van der Waals surface area contributed by atoms with Gasteiger partial charge in [0.1, 0.15) is 0 Å². The summed E-state index contributed by atoms with van der Waals surface area (Å²) in [5.41, 5.74) is 3.19. The van der Waals surface area contributed by atoms with Crippen LogP contribution in [0.25, 0.3) is 0 Å². The summed E-state index contributed by atoms with van der Waals surface area (Å²) in [5.74, 6) is 0.201. The fourth-order valence-electron chi connectivity index (χ4n) is 4.04. The van der Waals surface area contributed by atoms with Crippen molar-refractivity contribution in [1.29, 1.82) is 0 Å². The number of hydrogen-bond donors (Lipinski definition) is 1. The average molecular weight is 408 g/mol. The molecule has 1 fully saturated rings. The SMILES string of the molecule is CCN(CC)Cc1ccccc1CNC(=O)N1CCC(C(=O)c2ccccc2)CC1. The number of likely N-dealkylation sites (tertiary alicyclic amines) is 1. The molecule has 0 atom stereocenters. The van der Waals surface area contributed by atoms with E-state index in [2.05, 4.69) is 42.3 Å². The van der Waals surface area contributed by atoms with E-state index in [0.717, 1.165) is 43.6 Å². The van der Waals surface area contributed by atoms with Gasteiger partial charge in [0.25, 0.3) is 0 Å². The zero-order valence-corrected chi connectivity index (χ0v) is 18.1. The number of ketones is 1. The molecule has 2 aromatic carbocycles. The predicted octanol–water partition coefficient (Wildman–Crippen LogP) is 4.33. The molecule has 0 aromatic heterocycles. The molecule has 0 unspecified atom stereocenters. The van der Waals surface area contributed by atoms with Crippen molar-refractivity contribution in [3.05, 3.63) is 71.3 Å². The van der Waals surface area contributed by atoms with Gasteiger partial charge in [-0.05, 0) is 37.1 Å². The van der Waals surface area contributed by atoms with Gasteiger partial charge in [-0.25, -0.2) is 4.79 Å². The zero-order valence-electron chi connectivity index (χ0n) is 18.1. The van der Waals surface area contributed by atoms with E-state index in [9.17, 15) is 9.59 Å². The van der Waals surface area contributed by atoms with Crippen molar-refractivity contribution in [2.45, 2.75) is 39.8 Å². The molecule has 5 nitrogen and oxygen atoms in total. The Morgan fingerprint density at radius 3 is 2.17 bits per heavy atom. The summed E-state index contributed by atoms with van der Waals surface area (Å²) in [6, 6.07) is 17.7. The molecule has 1 heterocycles. The molecular weight excluding hydrogens is 374 g/mol. The highest BCUT2D eigenvalue weighted by atomic mass is 16.2. The first-order valence-electron chi connectivity index (χ1n) is 11.0. The molecular formula is C25H33N3O2. The van der Waals surface area contributed by atoms with Gasteiger partial charge >= 0.3 is 6.03 Å². The lowest BCUT2D eigenvalue weighted by Crippen LogP contribution is -2.45. The van der Waals surface area contributed by atoms with Crippen LogP contribution in [-0.2, 0) is 13.1 Å². The number of piperidine rings is 1. The van der Waals surface area contributed by atoms with Crippen LogP contribution < -0.4 is 5.32 Å². The van der Waals surface area contributed by atoms with Crippen LogP contribution in [-0.4, -0.2) is 47.8 Å². The quantitative estimate of drug-likeness (QED) is 0.663. The van der Waals surface area contributed by atoms with Gasteiger partial charge in [0.2, 0.25) is 0 Å². The molecule has 1 saturated heterocycles. The number of benzene rings is 2. The maximum absolute atomic E-state index is 12.7. The molecule has 1 aliphatic rings. The van der Waals surface area contributed by atoms with Crippen molar-refractivity contribution in [1.82, 2.24) is 15.1 Å². The maximum Gasteiger partial charge on any atom is 0.317 e. The number of nitrogens with one attached hydrogen (secondary N) is 1. The Labute approximate surface area is 180 Å². The minimum Gasteiger partial charge on any atom is -0.334 e. The second-order valence-electron chi connectivity index (χ2n) is 7.88. The van der Waals surface area contributed by atoms with Crippen LogP contribution in [0, 0.1) is 5.92 Å². The summed E-state index contributed by atoms with van der Waals surface area (Å²) >= 11 is 0. The Kier molecular flexibility index (Phi) is 8.03. The monoisotopic (exact) mass is 407 g/mol. The van der Waals surface area contributed by atoms with Crippen LogP contribution in [0.4, 0.5) is 4.79 Å². The molecule has 2 aromatic rings. The van der Waals surface area contributed by atoms with E-state index >= 15 is 0 Å². The van der Waals surface area contributed by atoms with Gasteiger partial charge < -0.3 is 10.2 Å². The van der Waals surface area contributed by atoms with E-state index in [4.69, 9.17) is 0 Å². The van der Waals surface area contributed by atoms with Crippen molar-refractivity contribution in [2.75, 3.05) is 26.2 Å². The van der Waals surface area contributed by atoms with Crippen molar-refractivity contribution in [2.24, 2.45) is 5.92 Å². The third-order valence-electron chi connectivity index (χ3n) is 6.05. The van der Waals surface area contributed by atoms with Crippen LogP contribution in [0.5, 0.6) is 0 Å². The van der Waals surface area contributed by atoms with Crippen molar-refractivity contribution >= 4 is 11.8 Å². The van der Waals surface area contributed by atoms with Crippen molar-refractivity contribution in [3.8, 4) is 0 Å². The number of urea groups is 1. The number of nitrogens with zero attached hydrogens (tertiary/aromatic N) is 2. The van der Waals surface area contributed by atoms with Crippen molar-refractivity contribution < 1.29 is 9.59 Å². The summed E-state index contributed by atoms with van der Waals surface area (Å²) < 4.78 is 0. The van der Waals surface area contributed by atoms with Gasteiger partial charge in [-0.3, -0.25) is 9.69 Å². The molecule has 2 amide bonds. The minimum absolute atomic E-state index is 0.00578. The largest absolute Gasteiger partial charge is 0.334 e. The molecule has 0 aliphatic carbocycles. The van der Waals surface area contributed by atoms with Crippen LogP contribution in [0.1, 0.15) is 48.2 Å². The van der Waals surface area contributed by atoms with E-state index in [1.165, 1.54) is 5.56 Å². The molecule has 160 valence electrons. The van der Waals surface area contributed by atoms with Gasteiger partial charge in [0.15, 0.2) is 5.78 Å². The average Bonchev–Trinajstić information content (AvgIpc) is 2.81. The Morgan fingerprint density at radius 2 is 1.53 bits per heavy atom. The van der Waals surface area contributed by atoms with E-state index in [1.807, 2.05) is 41.3 Å². The van der Waals surface area contributed by atoms with Gasteiger partial charge in [-0.1, -0.05) is 68.4 Å². The maximum atomic E-state index is 12.7. The minimum atomic E-state index is -0.0433. The molecule has 30 heavy (non-hydrogen) atoms. The highest BCUT2D eigenvalue weighted by Gasteiger charge is 2.27. The smallest absolute Gasteiger partial charge is 0.317 e. The lowest BCUT2D eigenvalue weighted by Gasteiger charge is -2.31. The van der Waals surface area contributed by atoms with E-state index in [-0.39, 0.29) is 17.7 Å². The summed E-state index contributed by atoms with van der Waals surface area (Å²) in [6.45, 7) is 9.01. The fraction of sp³-hybridized carbons (Fsp3) is 0.440. The van der Waals surface area contributed by atoms with Gasteiger partial charge in [0, 0.05) is 37.7 Å². The number of Topliss-reactive ketones (excluding diaryl/α,β-unsaturated/α-hetero) is 1. The lowest BCUT2D eigenvalue weighted by molar-refractivity contribution is 0.0854. The third kappa shape index (κ3) is 5.70. The Hall–Kier alpha value is -2.66. The van der Waals surface area contributed by atoms with Crippen molar-refractivity contribution in [3.63, 3.8) is 0 Å². The zero-order chi connectivity index (χ0) is 21.3. The van der Waals surface area contributed by atoms with E-state index in [0.29, 0.717) is 19.6 Å². The Bertz CT molecular complexity index is 825.